The molecule has 3 aromatic rings. The van der Waals surface area contributed by atoms with E-state index in [-0.39, 0.29) is 5.56 Å². The minimum Gasteiger partial charge on any atom is -0.288 e. The smallest absolute Gasteiger partial charge is 0.199 e. The number of rotatable bonds is 2. The minimum absolute atomic E-state index is 0.236. The summed E-state index contributed by atoms with van der Waals surface area (Å²) in [6.45, 7) is 0. The first-order chi connectivity index (χ1) is 9.68. The standard InChI is InChI=1S/C16H9F2NO/c17-12-6-2-7-13(18)15(12)16(20)11-4-1-8-14-10(11)5-3-9-19-14/h1-9H. The molecule has 0 saturated heterocycles. The normalized spacial score (nSPS) is 10.7. The summed E-state index contributed by atoms with van der Waals surface area (Å²) in [6, 6.07) is 11.7. The monoisotopic (exact) mass is 269 g/mol. The van der Waals surface area contributed by atoms with Crippen LogP contribution in [0.3, 0.4) is 0 Å². The molecule has 2 nitrogen and oxygen atoms in total. The van der Waals surface area contributed by atoms with Crippen molar-refractivity contribution >= 4 is 16.7 Å². The van der Waals surface area contributed by atoms with E-state index >= 15 is 0 Å². The van der Waals surface area contributed by atoms with Gasteiger partial charge in [-0.2, -0.15) is 0 Å². The number of halogens is 2. The number of nitrogens with zero attached hydrogens (tertiary/aromatic N) is 1. The van der Waals surface area contributed by atoms with Crippen LogP contribution in [0.2, 0.25) is 0 Å². The maximum atomic E-state index is 13.7. The largest absolute Gasteiger partial charge is 0.288 e. The van der Waals surface area contributed by atoms with Gasteiger partial charge in [-0.1, -0.05) is 24.3 Å². The van der Waals surface area contributed by atoms with Gasteiger partial charge < -0.3 is 0 Å². The van der Waals surface area contributed by atoms with Crippen molar-refractivity contribution in [1.82, 2.24) is 4.98 Å². The first-order valence-electron chi connectivity index (χ1n) is 6.01. The van der Waals surface area contributed by atoms with Gasteiger partial charge in [0.15, 0.2) is 5.78 Å². The summed E-state index contributed by atoms with van der Waals surface area (Å²) in [5.74, 6) is -2.41. The molecular weight excluding hydrogens is 260 g/mol. The number of aromatic nitrogens is 1. The van der Waals surface area contributed by atoms with Crippen molar-refractivity contribution in [3.8, 4) is 0 Å². The zero-order valence-corrected chi connectivity index (χ0v) is 10.3. The molecule has 0 unspecified atom stereocenters. The summed E-state index contributed by atoms with van der Waals surface area (Å²) in [6.07, 6.45) is 1.60. The lowest BCUT2D eigenvalue weighted by Gasteiger charge is -2.07. The van der Waals surface area contributed by atoms with Crippen molar-refractivity contribution < 1.29 is 13.6 Å². The number of fused-ring (bicyclic) bond motifs is 1. The molecule has 0 fully saturated rings. The molecule has 0 amide bonds. The Morgan fingerprint density at radius 2 is 1.60 bits per heavy atom. The Bertz CT molecular complexity index is 789. The van der Waals surface area contributed by atoms with Crippen LogP contribution in [-0.2, 0) is 0 Å². The second kappa shape index (κ2) is 4.81. The molecule has 20 heavy (non-hydrogen) atoms. The number of ketones is 1. The van der Waals surface area contributed by atoms with Crippen molar-refractivity contribution in [2.75, 3.05) is 0 Å². The van der Waals surface area contributed by atoms with E-state index in [4.69, 9.17) is 0 Å². The van der Waals surface area contributed by atoms with E-state index in [2.05, 4.69) is 4.98 Å². The highest BCUT2D eigenvalue weighted by molar-refractivity contribution is 6.16. The van der Waals surface area contributed by atoms with Gasteiger partial charge in [-0.25, -0.2) is 8.78 Å². The molecule has 0 bridgehead atoms. The number of hydrogen-bond acceptors (Lipinski definition) is 2. The lowest BCUT2D eigenvalue weighted by molar-refractivity contribution is 0.103. The molecule has 0 saturated carbocycles. The number of carbonyl (C=O) groups is 1. The summed E-state index contributed by atoms with van der Waals surface area (Å²) in [5, 5.41) is 0.572. The first-order valence-corrected chi connectivity index (χ1v) is 6.01. The highest BCUT2D eigenvalue weighted by Gasteiger charge is 2.20. The van der Waals surface area contributed by atoms with Crippen LogP contribution in [-0.4, -0.2) is 10.8 Å². The van der Waals surface area contributed by atoms with Crippen molar-refractivity contribution in [2.24, 2.45) is 0 Å². The third kappa shape index (κ3) is 1.95. The highest BCUT2D eigenvalue weighted by atomic mass is 19.1. The quantitative estimate of drug-likeness (QED) is 0.663. The van der Waals surface area contributed by atoms with Crippen LogP contribution >= 0.6 is 0 Å². The van der Waals surface area contributed by atoms with Crippen molar-refractivity contribution in [3.63, 3.8) is 0 Å². The molecule has 3 rings (SSSR count). The third-order valence-electron chi connectivity index (χ3n) is 3.08. The summed E-state index contributed by atoms with van der Waals surface area (Å²) in [7, 11) is 0. The van der Waals surface area contributed by atoms with E-state index < -0.39 is 23.0 Å². The van der Waals surface area contributed by atoms with Crippen molar-refractivity contribution in [3.05, 3.63) is 77.5 Å². The summed E-state index contributed by atoms with van der Waals surface area (Å²) < 4.78 is 27.4. The summed E-state index contributed by atoms with van der Waals surface area (Å²) in [5.41, 5.74) is 0.304. The molecule has 2 aromatic carbocycles. The van der Waals surface area contributed by atoms with Crippen LogP contribution in [0, 0.1) is 11.6 Å². The fourth-order valence-corrected chi connectivity index (χ4v) is 2.15. The second-order valence-corrected chi connectivity index (χ2v) is 4.30. The summed E-state index contributed by atoms with van der Waals surface area (Å²) >= 11 is 0. The number of benzene rings is 2. The molecule has 0 aliphatic heterocycles. The Morgan fingerprint density at radius 3 is 2.35 bits per heavy atom. The zero-order chi connectivity index (χ0) is 14.1. The van der Waals surface area contributed by atoms with Crippen molar-refractivity contribution in [1.29, 1.82) is 0 Å². The Hall–Kier alpha value is -2.62. The SMILES string of the molecule is O=C(c1c(F)cccc1F)c1cccc2ncccc12. The Morgan fingerprint density at radius 1 is 0.900 bits per heavy atom. The van der Waals surface area contributed by atoms with Crippen LogP contribution < -0.4 is 0 Å². The number of pyridine rings is 1. The highest BCUT2D eigenvalue weighted by Crippen LogP contribution is 2.22. The lowest BCUT2D eigenvalue weighted by Crippen LogP contribution is -2.08. The number of hydrogen-bond donors (Lipinski definition) is 0. The first kappa shape index (κ1) is 12.4. The molecule has 4 heteroatoms. The van der Waals surface area contributed by atoms with E-state index in [9.17, 15) is 13.6 Å². The average molecular weight is 269 g/mol. The van der Waals surface area contributed by atoms with Gasteiger partial charge >= 0.3 is 0 Å². The fourth-order valence-electron chi connectivity index (χ4n) is 2.15. The molecule has 0 radical (unpaired) electrons. The minimum atomic E-state index is -0.865. The number of carbonyl (C=O) groups excluding carboxylic acids is 1. The maximum Gasteiger partial charge on any atom is 0.199 e. The van der Waals surface area contributed by atoms with Crippen molar-refractivity contribution in [2.45, 2.75) is 0 Å². The Kier molecular flexibility index (Phi) is 2.99. The molecule has 0 atom stereocenters. The van der Waals surface area contributed by atoms with Gasteiger partial charge in [0, 0.05) is 17.1 Å². The van der Waals surface area contributed by atoms with E-state index in [0.717, 1.165) is 12.1 Å². The molecule has 0 spiro atoms. The van der Waals surface area contributed by atoms with E-state index in [1.54, 1.807) is 30.5 Å². The van der Waals surface area contributed by atoms with Crippen LogP contribution in [0.25, 0.3) is 10.9 Å². The van der Waals surface area contributed by atoms with Gasteiger partial charge in [0.1, 0.15) is 11.6 Å². The fraction of sp³-hybridized carbons (Fsp3) is 0. The second-order valence-electron chi connectivity index (χ2n) is 4.30. The molecule has 0 N–H and O–H groups in total. The van der Waals surface area contributed by atoms with Gasteiger partial charge in [-0.15, -0.1) is 0 Å². The third-order valence-corrected chi connectivity index (χ3v) is 3.08. The molecule has 1 heterocycles. The average Bonchev–Trinajstić information content (AvgIpc) is 2.46. The van der Waals surface area contributed by atoms with E-state index in [1.165, 1.54) is 12.1 Å². The van der Waals surface area contributed by atoms with Gasteiger partial charge in [-0.05, 0) is 24.3 Å². The van der Waals surface area contributed by atoms with Crippen LogP contribution in [0.5, 0.6) is 0 Å². The Labute approximate surface area is 113 Å². The van der Waals surface area contributed by atoms with Crippen LogP contribution in [0.15, 0.2) is 54.7 Å². The molecule has 0 aliphatic carbocycles. The van der Waals surface area contributed by atoms with E-state index in [1.807, 2.05) is 0 Å². The zero-order valence-electron chi connectivity index (χ0n) is 10.3. The van der Waals surface area contributed by atoms with E-state index in [0.29, 0.717) is 10.9 Å². The van der Waals surface area contributed by atoms with Gasteiger partial charge in [0.05, 0.1) is 11.1 Å². The Balaban J connectivity index is 2.24. The van der Waals surface area contributed by atoms with Gasteiger partial charge in [0.2, 0.25) is 0 Å². The molecule has 0 aliphatic rings. The predicted octanol–water partition coefficient (Wildman–Crippen LogP) is 3.74. The topological polar surface area (TPSA) is 30.0 Å². The van der Waals surface area contributed by atoms with Crippen LogP contribution in [0.1, 0.15) is 15.9 Å². The molecular formula is C16H9F2NO. The predicted molar refractivity (Wildman–Crippen MR) is 71.5 cm³/mol. The molecule has 98 valence electrons. The lowest BCUT2D eigenvalue weighted by atomic mass is 9.98. The summed E-state index contributed by atoms with van der Waals surface area (Å²) in [4.78, 5) is 16.5. The van der Waals surface area contributed by atoms with Gasteiger partial charge in [0.25, 0.3) is 0 Å². The molecule has 1 aromatic heterocycles. The maximum absolute atomic E-state index is 13.7. The van der Waals surface area contributed by atoms with Gasteiger partial charge in [-0.3, -0.25) is 9.78 Å². The van der Waals surface area contributed by atoms with Crippen LogP contribution in [0.4, 0.5) is 8.78 Å².